The summed E-state index contributed by atoms with van der Waals surface area (Å²) in [4.78, 5) is 25.4. The zero-order chi connectivity index (χ0) is 19.5. The van der Waals surface area contributed by atoms with Crippen molar-refractivity contribution in [2.24, 2.45) is 5.92 Å². The molecule has 1 aliphatic carbocycles. The Labute approximate surface area is 170 Å². The van der Waals surface area contributed by atoms with Crippen LogP contribution in [0.4, 0.5) is 10.9 Å². The van der Waals surface area contributed by atoms with Gasteiger partial charge in [0.1, 0.15) is 5.82 Å². The van der Waals surface area contributed by atoms with Crippen LogP contribution in [0.25, 0.3) is 0 Å². The monoisotopic (exact) mass is 396 g/mol. The topological polar surface area (TPSA) is 58.1 Å². The second kappa shape index (κ2) is 8.43. The number of pyridine rings is 1. The normalized spacial score (nSPS) is 20.4. The van der Waals surface area contributed by atoms with E-state index in [1.165, 1.54) is 4.88 Å². The van der Waals surface area contributed by atoms with Crippen molar-refractivity contribution >= 4 is 28.2 Å². The summed E-state index contributed by atoms with van der Waals surface area (Å²) in [6.07, 6.45) is 9.27. The maximum Gasteiger partial charge on any atom is 0.226 e. The standard InChI is InChI=1S/C22H28N4OS/c1-15-16(2)28-22(23-15)25-20-10-6-9-19(24-20)17-11-13-26(14-12-17)21(27)18-7-4-3-5-8-18/h3-4,6,9-10,17-18H,5,7-8,11-14H2,1-2H3,(H,23,24,25)/t18-/m1/s1. The fraction of sp³-hybridized carbons (Fsp3) is 0.500. The number of hydrogen-bond acceptors (Lipinski definition) is 5. The van der Waals surface area contributed by atoms with Crippen LogP contribution >= 0.6 is 11.3 Å². The number of carbonyl (C=O) groups excluding carboxylic acids is 1. The first kappa shape index (κ1) is 19.1. The lowest BCUT2D eigenvalue weighted by molar-refractivity contribution is -0.136. The van der Waals surface area contributed by atoms with Gasteiger partial charge in [-0.1, -0.05) is 18.2 Å². The molecule has 2 aromatic heterocycles. The quantitative estimate of drug-likeness (QED) is 0.742. The van der Waals surface area contributed by atoms with Gasteiger partial charge in [-0.25, -0.2) is 9.97 Å². The molecular formula is C22H28N4OS. The lowest BCUT2D eigenvalue weighted by atomic mass is 9.89. The number of allylic oxidation sites excluding steroid dienone is 2. The average molecular weight is 397 g/mol. The van der Waals surface area contributed by atoms with Crippen LogP contribution in [0.1, 0.15) is 54.3 Å². The molecule has 0 radical (unpaired) electrons. The Morgan fingerprint density at radius 3 is 2.64 bits per heavy atom. The summed E-state index contributed by atoms with van der Waals surface area (Å²) in [5.41, 5.74) is 2.18. The Morgan fingerprint density at radius 1 is 1.14 bits per heavy atom. The van der Waals surface area contributed by atoms with E-state index in [9.17, 15) is 4.79 Å². The van der Waals surface area contributed by atoms with E-state index < -0.39 is 0 Å². The Kier molecular flexibility index (Phi) is 5.76. The van der Waals surface area contributed by atoms with Crippen molar-refractivity contribution in [3.63, 3.8) is 0 Å². The summed E-state index contributed by atoms with van der Waals surface area (Å²) in [5, 5.41) is 4.23. The van der Waals surface area contributed by atoms with E-state index >= 15 is 0 Å². The van der Waals surface area contributed by atoms with Crippen LogP contribution < -0.4 is 5.32 Å². The summed E-state index contributed by atoms with van der Waals surface area (Å²) in [6, 6.07) is 6.16. The van der Waals surface area contributed by atoms with Crippen molar-refractivity contribution in [1.82, 2.24) is 14.9 Å². The molecule has 2 aliphatic rings. The molecule has 1 aliphatic heterocycles. The van der Waals surface area contributed by atoms with Crippen molar-refractivity contribution in [2.75, 3.05) is 18.4 Å². The number of rotatable bonds is 4. The van der Waals surface area contributed by atoms with Gasteiger partial charge in [0, 0.05) is 35.5 Å². The highest BCUT2D eigenvalue weighted by Crippen LogP contribution is 2.31. The predicted molar refractivity (Wildman–Crippen MR) is 114 cm³/mol. The zero-order valence-corrected chi connectivity index (χ0v) is 17.5. The third kappa shape index (κ3) is 4.27. The van der Waals surface area contributed by atoms with E-state index in [-0.39, 0.29) is 5.92 Å². The van der Waals surface area contributed by atoms with Crippen LogP contribution in [0.5, 0.6) is 0 Å². The summed E-state index contributed by atoms with van der Waals surface area (Å²) >= 11 is 1.66. The number of nitrogens with one attached hydrogen (secondary N) is 1. The van der Waals surface area contributed by atoms with Gasteiger partial charge in [0.2, 0.25) is 5.91 Å². The van der Waals surface area contributed by atoms with E-state index in [1.54, 1.807) is 11.3 Å². The first-order valence-electron chi connectivity index (χ1n) is 10.2. The van der Waals surface area contributed by atoms with Gasteiger partial charge in [0.05, 0.1) is 5.69 Å². The van der Waals surface area contributed by atoms with Crippen LogP contribution in [0, 0.1) is 19.8 Å². The minimum Gasteiger partial charge on any atom is -0.342 e. The fourth-order valence-electron chi connectivity index (χ4n) is 4.06. The van der Waals surface area contributed by atoms with Gasteiger partial charge in [-0.3, -0.25) is 4.79 Å². The highest BCUT2D eigenvalue weighted by molar-refractivity contribution is 7.15. The Bertz CT molecular complexity index is 848. The van der Waals surface area contributed by atoms with Gasteiger partial charge in [-0.2, -0.15) is 0 Å². The van der Waals surface area contributed by atoms with Gasteiger partial charge in [0.25, 0.3) is 0 Å². The van der Waals surface area contributed by atoms with Crippen LogP contribution in [-0.2, 0) is 4.79 Å². The highest BCUT2D eigenvalue weighted by atomic mass is 32.1. The Hall–Kier alpha value is -2.21. The SMILES string of the molecule is Cc1nc(Nc2cccc(C3CCN(C(=O)[C@@H]4CC=CCC4)CC3)n2)sc1C. The van der Waals surface area contributed by atoms with Crippen LogP contribution in [0.2, 0.25) is 0 Å². The molecule has 1 saturated heterocycles. The molecule has 2 aromatic rings. The summed E-state index contributed by atoms with van der Waals surface area (Å²) < 4.78 is 0. The lowest BCUT2D eigenvalue weighted by Gasteiger charge is -2.34. The lowest BCUT2D eigenvalue weighted by Crippen LogP contribution is -2.41. The number of anilines is 2. The zero-order valence-electron chi connectivity index (χ0n) is 16.6. The third-order valence-corrected chi connectivity index (χ3v) is 6.87. The van der Waals surface area contributed by atoms with Crippen molar-refractivity contribution in [1.29, 1.82) is 0 Å². The van der Waals surface area contributed by atoms with Crippen LogP contribution in [0.3, 0.4) is 0 Å². The summed E-state index contributed by atoms with van der Waals surface area (Å²) in [6.45, 7) is 5.79. The molecule has 5 nitrogen and oxygen atoms in total. The predicted octanol–water partition coefficient (Wildman–Crippen LogP) is 4.96. The Balaban J connectivity index is 1.36. The van der Waals surface area contributed by atoms with E-state index in [0.29, 0.717) is 11.8 Å². The summed E-state index contributed by atoms with van der Waals surface area (Å²) in [5.74, 6) is 1.80. The van der Waals surface area contributed by atoms with E-state index in [4.69, 9.17) is 4.98 Å². The molecule has 1 fully saturated rings. The van der Waals surface area contributed by atoms with Gasteiger partial charge >= 0.3 is 0 Å². The molecule has 6 heteroatoms. The van der Waals surface area contributed by atoms with Crippen molar-refractivity contribution < 1.29 is 4.79 Å². The molecule has 0 unspecified atom stereocenters. The van der Waals surface area contributed by atoms with E-state index in [1.807, 2.05) is 13.0 Å². The largest absolute Gasteiger partial charge is 0.342 e. The smallest absolute Gasteiger partial charge is 0.226 e. The van der Waals surface area contributed by atoms with Gasteiger partial charge in [-0.15, -0.1) is 11.3 Å². The molecular weight excluding hydrogens is 368 g/mol. The number of nitrogens with zero attached hydrogens (tertiary/aromatic N) is 3. The number of amides is 1. The molecule has 28 heavy (non-hydrogen) atoms. The van der Waals surface area contributed by atoms with Crippen molar-refractivity contribution in [2.45, 2.75) is 51.9 Å². The van der Waals surface area contributed by atoms with Crippen LogP contribution in [-0.4, -0.2) is 33.9 Å². The molecule has 1 atom stereocenters. The third-order valence-electron chi connectivity index (χ3n) is 5.88. The second-order valence-electron chi connectivity index (χ2n) is 7.81. The summed E-state index contributed by atoms with van der Waals surface area (Å²) in [7, 11) is 0. The average Bonchev–Trinajstić information content (AvgIpc) is 3.05. The van der Waals surface area contributed by atoms with Gasteiger partial charge in [-0.05, 0) is 58.1 Å². The molecule has 0 spiro atoms. The van der Waals surface area contributed by atoms with Gasteiger partial charge in [0.15, 0.2) is 5.13 Å². The fourth-order valence-corrected chi connectivity index (χ4v) is 4.88. The number of thiazole rings is 1. The number of aryl methyl sites for hydroxylation is 2. The first-order valence-corrected chi connectivity index (χ1v) is 11.0. The van der Waals surface area contributed by atoms with Crippen molar-refractivity contribution in [3.05, 3.63) is 46.6 Å². The minimum absolute atomic E-state index is 0.192. The molecule has 4 rings (SSSR count). The van der Waals surface area contributed by atoms with Crippen LogP contribution in [0.15, 0.2) is 30.4 Å². The van der Waals surface area contributed by atoms with Gasteiger partial charge < -0.3 is 10.2 Å². The molecule has 0 aromatic carbocycles. The van der Waals surface area contributed by atoms with Crippen molar-refractivity contribution in [3.8, 4) is 0 Å². The van der Waals surface area contributed by atoms with E-state index in [2.05, 4.69) is 46.4 Å². The molecule has 0 bridgehead atoms. The Morgan fingerprint density at radius 2 is 1.96 bits per heavy atom. The minimum atomic E-state index is 0.192. The molecule has 0 saturated carbocycles. The molecule has 1 N–H and O–H groups in total. The number of aromatic nitrogens is 2. The maximum absolute atomic E-state index is 12.7. The number of carbonyl (C=O) groups is 1. The molecule has 1 amide bonds. The maximum atomic E-state index is 12.7. The van der Waals surface area contributed by atoms with E-state index in [0.717, 1.165) is 67.5 Å². The number of likely N-dealkylation sites (tertiary alicyclic amines) is 1. The highest BCUT2D eigenvalue weighted by Gasteiger charge is 2.29. The molecule has 148 valence electrons. The molecule has 3 heterocycles. The number of piperidine rings is 1. The number of hydrogen-bond donors (Lipinski definition) is 1. The second-order valence-corrected chi connectivity index (χ2v) is 9.02. The first-order chi connectivity index (χ1) is 13.6.